The van der Waals surface area contributed by atoms with Crippen LogP contribution in [0.25, 0.3) is 11.0 Å². The number of H-pyrrole nitrogens is 1. The van der Waals surface area contributed by atoms with E-state index in [1.165, 1.54) is 17.7 Å². The summed E-state index contributed by atoms with van der Waals surface area (Å²) in [5.74, 6) is 1.96. The summed E-state index contributed by atoms with van der Waals surface area (Å²) in [5.41, 5.74) is 3.46. The fourth-order valence-corrected chi connectivity index (χ4v) is 5.37. The molecule has 8 nitrogen and oxygen atoms in total. The first-order chi connectivity index (χ1) is 14.4. The third kappa shape index (κ3) is 4.14. The van der Waals surface area contributed by atoms with Crippen LogP contribution in [0.15, 0.2) is 48.9 Å². The monoisotopic (exact) mass is 465 g/mol. The normalized spacial score (nSPS) is 11.3. The van der Waals surface area contributed by atoms with Crippen LogP contribution in [0.3, 0.4) is 0 Å². The number of amides is 1. The van der Waals surface area contributed by atoms with E-state index in [-0.39, 0.29) is 0 Å². The Morgan fingerprint density at radius 1 is 1.13 bits per heavy atom. The maximum atomic E-state index is 11.2. The maximum absolute atomic E-state index is 11.2. The Morgan fingerprint density at radius 3 is 2.67 bits per heavy atom. The average molecular weight is 465 g/mol. The van der Waals surface area contributed by atoms with Crippen molar-refractivity contribution in [2.45, 2.75) is 13.8 Å². The molecule has 9 heteroatoms. The van der Waals surface area contributed by atoms with Crippen LogP contribution in [0.4, 0.5) is 10.6 Å². The van der Waals surface area contributed by atoms with Crippen LogP contribution in [0.1, 0.15) is 11.3 Å². The van der Waals surface area contributed by atoms with Gasteiger partial charge in [0, 0.05) is 0 Å². The molecule has 152 valence electrons. The van der Waals surface area contributed by atoms with Crippen molar-refractivity contribution in [2.24, 2.45) is 0 Å². The van der Waals surface area contributed by atoms with Crippen LogP contribution in [0.2, 0.25) is 0 Å². The first-order valence-electron chi connectivity index (χ1n) is 9.19. The molecule has 0 aliphatic carbocycles. The van der Waals surface area contributed by atoms with E-state index in [2.05, 4.69) is 26.0 Å². The first kappa shape index (κ1) is 19.9. The van der Waals surface area contributed by atoms with Crippen molar-refractivity contribution in [1.29, 1.82) is 0 Å². The molecular formula is C21H20AsN5O3. The predicted octanol–water partition coefficient (Wildman–Crippen LogP) is 2.26. The summed E-state index contributed by atoms with van der Waals surface area (Å²) in [7, 11) is 1.49. The zero-order valence-electron chi connectivity index (χ0n) is 16.7. The number of aromatic amines is 1. The molecule has 1 aromatic carbocycles. The molecule has 0 radical (unpaired) electrons. The number of carbonyl (C=O) groups is 1. The second-order valence-electron chi connectivity index (χ2n) is 6.82. The molecule has 0 bridgehead atoms. The third-order valence-corrected chi connectivity index (χ3v) is 7.15. The average Bonchev–Trinajstić information content (AvgIpc) is 3.16. The molecule has 4 rings (SSSR count). The summed E-state index contributed by atoms with van der Waals surface area (Å²) in [6, 6.07) is 11.7. The number of nitrogens with one attached hydrogen (secondary N) is 1. The number of anilines is 1. The van der Waals surface area contributed by atoms with Gasteiger partial charge in [-0.25, -0.2) is 0 Å². The van der Waals surface area contributed by atoms with E-state index in [0.717, 1.165) is 31.9 Å². The fourth-order valence-electron chi connectivity index (χ4n) is 2.92. The van der Waals surface area contributed by atoms with Crippen molar-refractivity contribution >= 4 is 47.5 Å². The Bertz CT molecular complexity index is 1220. The topological polar surface area (TPSA) is 104 Å². The Morgan fingerprint density at radius 2 is 1.97 bits per heavy atom. The van der Waals surface area contributed by atoms with E-state index in [0.29, 0.717) is 17.1 Å². The summed E-state index contributed by atoms with van der Waals surface area (Å²) in [5, 5.41) is 9.20. The third-order valence-electron chi connectivity index (χ3n) is 4.60. The molecule has 1 amide bonds. The van der Waals surface area contributed by atoms with E-state index in [9.17, 15) is 9.90 Å². The van der Waals surface area contributed by atoms with Crippen molar-refractivity contribution in [3.63, 3.8) is 0 Å². The van der Waals surface area contributed by atoms with Gasteiger partial charge in [-0.05, 0) is 0 Å². The number of aryl methyl sites for hydroxylation is 2. The molecule has 30 heavy (non-hydrogen) atoms. The number of carboxylic acid groups (broad SMARTS) is 1. The van der Waals surface area contributed by atoms with E-state index >= 15 is 0 Å². The van der Waals surface area contributed by atoms with Gasteiger partial charge in [-0.15, -0.1) is 0 Å². The molecule has 1 atom stereocenters. The molecule has 4 aromatic rings. The number of hydrogen-bond acceptors (Lipinski definition) is 5. The van der Waals surface area contributed by atoms with E-state index < -0.39 is 21.8 Å². The quantitative estimate of drug-likeness (QED) is 0.439. The summed E-state index contributed by atoms with van der Waals surface area (Å²) in [6.07, 6.45) is 2.20. The van der Waals surface area contributed by atoms with Crippen LogP contribution in [-0.4, -0.2) is 53.9 Å². The van der Waals surface area contributed by atoms with Crippen molar-refractivity contribution in [1.82, 2.24) is 19.9 Å². The van der Waals surface area contributed by atoms with Crippen molar-refractivity contribution < 1.29 is 14.6 Å². The van der Waals surface area contributed by atoms with Crippen LogP contribution in [0.5, 0.6) is 11.5 Å². The minimum atomic E-state index is -1.04. The first-order valence-corrected chi connectivity index (χ1v) is 11.3. The second kappa shape index (κ2) is 8.16. The number of hydrogen-bond donors (Lipinski definition) is 2. The minimum absolute atomic E-state index is 0.470. The van der Waals surface area contributed by atoms with Crippen molar-refractivity contribution in [3.05, 3.63) is 60.2 Å². The van der Waals surface area contributed by atoms with Gasteiger partial charge in [0.15, 0.2) is 0 Å². The fraction of sp³-hybridized carbons (Fsp3) is 0.143. The van der Waals surface area contributed by atoms with E-state index in [4.69, 9.17) is 4.74 Å². The van der Waals surface area contributed by atoms with Crippen LogP contribution in [-0.2, 0) is 0 Å². The number of fused-ring (bicyclic) bond motifs is 1. The summed E-state index contributed by atoms with van der Waals surface area (Å²) < 4.78 is 8.05. The van der Waals surface area contributed by atoms with Gasteiger partial charge in [0.1, 0.15) is 0 Å². The van der Waals surface area contributed by atoms with E-state index in [1.54, 1.807) is 12.3 Å². The Labute approximate surface area is 179 Å². The van der Waals surface area contributed by atoms with Crippen LogP contribution < -0.4 is 18.5 Å². The Balaban J connectivity index is 1.58. The summed E-state index contributed by atoms with van der Waals surface area (Å²) in [4.78, 5) is 28.5. The van der Waals surface area contributed by atoms with Crippen LogP contribution >= 0.6 is 0 Å². The van der Waals surface area contributed by atoms with Gasteiger partial charge in [0.25, 0.3) is 0 Å². The SMILES string of the molecule is Cc1ccc(Oc2ccc([AsH]c3ncnc4cc(N(C)C(=O)O)[nH]c34)cc2C)cn1. The van der Waals surface area contributed by atoms with Gasteiger partial charge >= 0.3 is 180 Å². The zero-order valence-corrected chi connectivity index (χ0v) is 18.8. The number of aromatic nitrogens is 4. The molecule has 3 aromatic heterocycles. The molecule has 0 aliphatic heterocycles. The predicted molar refractivity (Wildman–Crippen MR) is 117 cm³/mol. The van der Waals surface area contributed by atoms with Gasteiger partial charge in [0.2, 0.25) is 0 Å². The molecule has 0 saturated carbocycles. The summed E-state index contributed by atoms with van der Waals surface area (Å²) in [6.45, 7) is 3.95. The van der Waals surface area contributed by atoms with Crippen LogP contribution in [0, 0.1) is 13.8 Å². The molecule has 0 saturated heterocycles. The van der Waals surface area contributed by atoms with Gasteiger partial charge in [-0.1, -0.05) is 0 Å². The number of rotatable bonds is 5. The molecule has 0 aliphatic rings. The number of nitrogens with zero attached hydrogens (tertiary/aromatic N) is 4. The number of benzene rings is 1. The van der Waals surface area contributed by atoms with Crippen molar-refractivity contribution in [3.8, 4) is 11.5 Å². The molecule has 1 unspecified atom stereocenters. The zero-order chi connectivity index (χ0) is 21.3. The Kier molecular flexibility index (Phi) is 5.42. The van der Waals surface area contributed by atoms with Gasteiger partial charge in [0.05, 0.1) is 0 Å². The standard InChI is InChI=1S/C21H20AsN5O3/c1-12-8-14(5-7-17(12)30-15-6-4-13(2)23-10-15)22-20-19-16(24-11-25-20)9-18(26-19)27(3)21(28)29/h4-11,22,26H,1-3H3,(H,28,29). The molecule has 2 N–H and O–H groups in total. The summed E-state index contributed by atoms with van der Waals surface area (Å²) >= 11 is -0.767. The molecule has 3 heterocycles. The molecule has 0 fully saturated rings. The number of ether oxygens (including phenoxy) is 1. The van der Waals surface area contributed by atoms with Gasteiger partial charge in [-0.2, -0.15) is 0 Å². The van der Waals surface area contributed by atoms with E-state index in [1.807, 2.05) is 38.1 Å². The van der Waals surface area contributed by atoms with Gasteiger partial charge < -0.3 is 0 Å². The Hall–Kier alpha value is -3.38. The number of pyridine rings is 1. The molecule has 0 spiro atoms. The van der Waals surface area contributed by atoms with Crippen molar-refractivity contribution in [2.75, 3.05) is 11.9 Å². The molecular weight excluding hydrogens is 445 g/mol. The second-order valence-corrected chi connectivity index (χ2v) is 9.55. The van der Waals surface area contributed by atoms with Gasteiger partial charge in [-0.3, -0.25) is 0 Å².